The first-order chi connectivity index (χ1) is 8.06. The summed E-state index contributed by atoms with van der Waals surface area (Å²) in [5.41, 5.74) is 0.0180. The van der Waals surface area contributed by atoms with Gasteiger partial charge in [0, 0.05) is 18.6 Å². The lowest BCUT2D eigenvalue weighted by Gasteiger charge is -2.17. The number of amides is 1. The first-order valence-corrected chi connectivity index (χ1v) is 5.79. The molecular formula is C12H16ClFN2O. The van der Waals surface area contributed by atoms with Crippen molar-refractivity contribution in [2.75, 3.05) is 27.2 Å². The van der Waals surface area contributed by atoms with Gasteiger partial charge in [0.15, 0.2) is 0 Å². The molecule has 1 rings (SSSR count). The molecule has 0 aliphatic carbocycles. The van der Waals surface area contributed by atoms with Crippen molar-refractivity contribution in [3.05, 3.63) is 34.6 Å². The summed E-state index contributed by atoms with van der Waals surface area (Å²) in [5.74, 6) is -0.888. The van der Waals surface area contributed by atoms with Crippen molar-refractivity contribution in [1.29, 1.82) is 0 Å². The van der Waals surface area contributed by atoms with E-state index in [2.05, 4.69) is 5.32 Å². The van der Waals surface area contributed by atoms with Crippen molar-refractivity contribution in [3.8, 4) is 0 Å². The first-order valence-electron chi connectivity index (χ1n) is 5.41. The molecule has 1 aromatic rings. The SMILES string of the molecule is CNCCCN(C)C(=O)c1cc(Cl)ccc1F. The summed E-state index contributed by atoms with van der Waals surface area (Å²) < 4.78 is 13.5. The minimum absolute atomic E-state index is 0.0180. The summed E-state index contributed by atoms with van der Waals surface area (Å²) in [6.07, 6.45) is 0.820. The van der Waals surface area contributed by atoms with Gasteiger partial charge >= 0.3 is 0 Å². The van der Waals surface area contributed by atoms with Crippen LogP contribution in [0.2, 0.25) is 5.02 Å². The standard InChI is InChI=1S/C12H16ClFN2O/c1-15-6-3-7-16(2)12(17)10-8-9(13)4-5-11(10)14/h4-5,8,15H,3,6-7H2,1-2H3. The van der Waals surface area contributed by atoms with Gasteiger partial charge in [-0.3, -0.25) is 4.79 Å². The molecule has 0 unspecified atom stereocenters. The average molecular weight is 259 g/mol. The molecule has 0 saturated heterocycles. The third-order valence-corrected chi connectivity index (χ3v) is 2.66. The van der Waals surface area contributed by atoms with Gasteiger partial charge in [-0.05, 0) is 38.2 Å². The number of benzene rings is 1. The third-order valence-electron chi connectivity index (χ3n) is 2.43. The number of rotatable bonds is 5. The van der Waals surface area contributed by atoms with Crippen LogP contribution in [0.3, 0.4) is 0 Å². The van der Waals surface area contributed by atoms with Crippen LogP contribution in [0, 0.1) is 5.82 Å². The highest BCUT2D eigenvalue weighted by atomic mass is 35.5. The molecule has 0 aliphatic rings. The van der Waals surface area contributed by atoms with Crippen molar-refractivity contribution in [2.45, 2.75) is 6.42 Å². The molecule has 0 saturated carbocycles. The quantitative estimate of drug-likeness (QED) is 0.821. The number of hydrogen-bond acceptors (Lipinski definition) is 2. The Bertz CT molecular complexity index is 398. The molecule has 0 bridgehead atoms. The molecular weight excluding hydrogens is 243 g/mol. The van der Waals surface area contributed by atoms with E-state index in [4.69, 9.17) is 11.6 Å². The Morgan fingerprint density at radius 2 is 2.24 bits per heavy atom. The van der Waals surface area contributed by atoms with Crippen molar-refractivity contribution in [3.63, 3.8) is 0 Å². The molecule has 0 aliphatic heterocycles. The summed E-state index contributed by atoms with van der Waals surface area (Å²) >= 11 is 5.74. The maximum Gasteiger partial charge on any atom is 0.256 e. The largest absolute Gasteiger partial charge is 0.342 e. The number of nitrogens with zero attached hydrogens (tertiary/aromatic N) is 1. The zero-order valence-corrected chi connectivity index (χ0v) is 10.7. The summed E-state index contributed by atoms with van der Waals surface area (Å²) in [7, 11) is 3.50. The van der Waals surface area contributed by atoms with Gasteiger partial charge < -0.3 is 10.2 Å². The molecule has 1 aromatic carbocycles. The van der Waals surface area contributed by atoms with Crippen molar-refractivity contribution in [1.82, 2.24) is 10.2 Å². The molecule has 3 nitrogen and oxygen atoms in total. The smallest absolute Gasteiger partial charge is 0.256 e. The highest BCUT2D eigenvalue weighted by molar-refractivity contribution is 6.30. The Morgan fingerprint density at radius 1 is 1.53 bits per heavy atom. The fraction of sp³-hybridized carbons (Fsp3) is 0.417. The summed E-state index contributed by atoms with van der Waals surface area (Å²) in [5, 5.41) is 3.35. The predicted molar refractivity (Wildman–Crippen MR) is 66.9 cm³/mol. The molecule has 0 atom stereocenters. The van der Waals surface area contributed by atoms with E-state index in [-0.39, 0.29) is 11.5 Å². The van der Waals surface area contributed by atoms with E-state index in [1.807, 2.05) is 7.05 Å². The molecule has 0 aromatic heterocycles. The summed E-state index contributed by atoms with van der Waals surface area (Å²) in [4.78, 5) is 13.4. The van der Waals surface area contributed by atoms with Crippen molar-refractivity contribution < 1.29 is 9.18 Å². The van der Waals surface area contributed by atoms with Gasteiger partial charge in [0.05, 0.1) is 5.56 Å². The fourth-order valence-electron chi connectivity index (χ4n) is 1.46. The maximum absolute atomic E-state index is 13.5. The van der Waals surface area contributed by atoms with Crippen LogP contribution >= 0.6 is 11.6 Å². The molecule has 1 amide bonds. The summed E-state index contributed by atoms with van der Waals surface area (Å²) in [6, 6.07) is 3.99. The van der Waals surface area contributed by atoms with Gasteiger partial charge in [-0.15, -0.1) is 0 Å². The second-order valence-corrected chi connectivity index (χ2v) is 4.24. The second kappa shape index (κ2) is 6.57. The molecule has 5 heteroatoms. The lowest BCUT2D eigenvalue weighted by Crippen LogP contribution is -2.30. The predicted octanol–water partition coefficient (Wildman–Crippen LogP) is 2.16. The van der Waals surface area contributed by atoms with E-state index in [0.29, 0.717) is 11.6 Å². The van der Waals surface area contributed by atoms with Crippen LogP contribution < -0.4 is 5.32 Å². The van der Waals surface area contributed by atoms with E-state index in [1.54, 1.807) is 7.05 Å². The van der Waals surface area contributed by atoms with E-state index < -0.39 is 5.82 Å². The molecule has 0 radical (unpaired) electrons. The van der Waals surface area contributed by atoms with Gasteiger partial charge in [-0.2, -0.15) is 0 Å². The van der Waals surface area contributed by atoms with Crippen LogP contribution in [-0.2, 0) is 0 Å². The topological polar surface area (TPSA) is 32.3 Å². The third kappa shape index (κ3) is 3.98. The van der Waals surface area contributed by atoms with Crippen LogP contribution in [0.4, 0.5) is 4.39 Å². The number of nitrogens with one attached hydrogen (secondary N) is 1. The van der Waals surface area contributed by atoms with E-state index in [1.165, 1.54) is 23.1 Å². The highest BCUT2D eigenvalue weighted by Crippen LogP contribution is 2.16. The highest BCUT2D eigenvalue weighted by Gasteiger charge is 2.16. The zero-order valence-electron chi connectivity index (χ0n) is 9.96. The van der Waals surface area contributed by atoms with Crippen molar-refractivity contribution in [2.24, 2.45) is 0 Å². The lowest BCUT2D eigenvalue weighted by atomic mass is 10.2. The molecule has 0 heterocycles. The second-order valence-electron chi connectivity index (χ2n) is 3.81. The Morgan fingerprint density at radius 3 is 2.88 bits per heavy atom. The fourth-order valence-corrected chi connectivity index (χ4v) is 1.63. The Hall–Kier alpha value is -1.13. The van der Waals surface area contributed by atoms with Gasteiger partial charge in [-0.25, -0.2) is 4.39 Å². The Balaban J connectivity index is 2.71. The van der Waals surface area contributed by atoms with Crippen LogP contribution in [-0.4, -0.2) is 38.0 Å². The van der Waals surface area contributed by atoms with Gasteiger partial charge in [0.25, 0.3) is 5.91 Å². The van der Waals surface area contributed by atoms with Gasteiger partial charge in [0.2, 0.25) is 0 Å². The molecule has 17 heavy (non-hydrogen) atoms. The lowest BCUT2D eigenvalue weighted by molar-refractivity contribution is 0.0789. The zero-order chi connectivity index (χ0) is 12.8. The Labute approximate surface area is 106 Å². The van der Waals surface area contributed by atoms with E-state index in [9.17, 15) is 9.18 Å². The van der Waals surface area contributed by atoms with Crippen molar-refractivity contribution >= 4 is 17.5 Å². The van der Waals surface area contributed by atoms with E-state index >= 15 is 0 Å². The normalized spacial score (nSPS) is 10.4. The van der Waals surface area contributed by atoms with E-state index in [0.717, 1.165) is 13.0 Å². The molecule has 1 N–H and O–H groups in total. The van der Waals surface area contributed by atoms with Crippen LogP contribution in [0.15, 0.2) is 18.2 Å². The number of carbonyl (C=O) groups is 1. The molecule has 94 valence electrons. The van der Waals surface area contributed by atoms with Crippen LogP contribution in [0.5, 0.6) is 0 Å². The average Bonchev–Trinajstić information content (AvgIpc) is 2.31. The van der Waals surface area contributed by atoms with Gasteiger partial charge in [0.1, 0.15) is 5.82 Å². The molecule has 0 spiro atoms. The van der Waals surface area contributed by atoms with Crippen LogP contribution in [0.25, 0.3) is 0 Å². The van der Waals surface area contributed by atoms with Crippen LogP contribution in [0.1, 0.15) is 16.8 Å². The minimum Gasteiger partial charge on any atom is -0.342 e. The summed E-state index contributed by atoms with van der Waals surface area (Å²) in [6.45, 7) is 1.39. The monoisotopic (exact) mass is 258 g/mol. The minimum atomic E-state index is -0.542. The Kier molecular flexibility index (Phi) is 5.38. The van der Waals surface area contributed by atoms with Gasteiger partial charge in [-0.1, -0.05) is 11.6 Å². The number of hydrogen-bond donors (Lipinski definition) is 1. The first kappa shape index (κ1) is 13.9. The number of carbonyl (C=O) groups excluding carboxylic acids is 1. The maximum atomic E-state index is 13.5. The molecule has 0 fully saturated rings. The number of halogens is 2.